The number of rotatable bonds is 6. The number of hydrogen-bond donors (Lipinski definition) is 1. The molecular formula is C14H20ClNO2. The summed E-state index contributed by atoms with van der Waals surface area (Å²) in [6.45, 7) is 5.01. The third kappa shape index (κ3) is 4.67. The van der Waals surface area contributed by atoms with Gasteiger partial charge in [-0.3, -0.25) is 4.79 Å². The Morgan fingerprint density at radius 1 is 1.44 bits per heavy atom. The summed E-state index contributed by atoms with van der Waals surface area (Å²) in [5, 5.41) is 2.81. The van der Waals surface area contributed by atoms with Crippen LogP contribution in [0.15, 0.2) is 18.2 Å². The SMILES string of the molecule is COCC(Cl)CCNC(=O)c1ccc(C)cc1C. The molecule has 1 unspecified atom stereocenters. The number of hydrogen-bond acceptors (Lipinski definition) is 2. The molecule has 1 N–H and O–H groups in total. The first kappa shape index (κ1) is 15.0. The topological polar surface area (TPSA) is 38.3 Å². The van der Waals surface area contributed by atoms with Gasteiger partial charge in [0, 0.05) is 19.2 Å². The zero-order valence-electron chi connectivity index (χ0n) is 11.1. The normalized spacial score (nSPS) is 12.2. The van der Waals surface area contributed by atoms with Crippen molar-refractivity contribution in [1.29, 1.82) is 0 Å². The Morgan fingerprint density at radius 2 is 2.17 bits per heavy atom. The van der Waals surface area contributed by atoms with Gasteiger partial charge in [-0.25, -0.2) is 0 Å². The van der Waals surface area contributed by atoms with E-state index in [-0.39, 0.29) is 11.3 Å². The van der Waals surface area contributed by atoms with Crippen LogP contribution in [0.1, 0.15) is 27.9 Å². The lowest BCUT2D eigenvalue weighted by Gasteiger charge is -2.10. The van der Waals surface area contributed by atoms with E-state index in [4.69, 9.17) is 16.3 Å². The third-order valence-corrected chi connectivity index (χ3v) is 3.06. The molecule has 4 heteroatoms. The van der Waals surface area contributed by atoms with Crippen LogP contribution in [0.2, 0.25) is 0 Å². The van der Waals surface area contributed by atoms with Crippen LogP contribution in [0, 0.1) is 13.8 Å². The third-order valence-electron chi connectivity index (χ3n) is 2.72. The molecule has 1 amide bonds. The minimum absolute atomic E-state index is 0.0474. The van der Waals surface area contributed by atoms with E-state index in [2.05, 4.69) is 5.32 Å². The largest absolute Gasteiger partial charge is 0.383 e. The summed E-state index contributed by atoms with van der Waals surface area (Å²) in [4.78, 5) is 11.9. The van der Waals surface area contributed by atoms with Crippen molar-refractivity contribution in [3.8, 4) is 0 Å². The van der Waals surface area contributed by atoms with E-state index >= 15 is 0 Å². The van der Waals surface area contributed by atoms with Gasteiger partial charge >= 0.3 is 0 Å². The fourth-order valence-corrected chi connectivity index (χ4v) is 2.01. The average molecular weight is 270 g/mol. The molecule has 0 aromatic heterocycles. The number of carbonyl (C=O) groups excluding carboxylic acids is 1. The van der Waals surface area contributed by atoms with Gasteiger partial charge in [0.05, 0.1) is 12.0 Å². The number of halogens is 1. The number of nitrogens with one attached hydrogen (secondary N) is 1. The van der Waals surface area contributed by atoms with Crippen molar-refractivity contribution in [3.63, 3.8) is 0 Å². The Hall–Kier alpha value is -1.06. The quantitative estimate of drug-likeness (QED) is 0.807. The Morgan fingerprint density at radius 3 is 2.78 bits per heavy atom. The summed E-state index contributed by atoms with van der Waals surface area (Å²) in [5.74, 6) is -0.0474. The number of amides is 1. The molecule has 0 spiro atoms. The van der Waals surface area contributed by atoms with Crippen molar-refractivity contribution in [1.82, 2.24) is 5.32 Å². The predicted octanol–water partition coefficient (Wildman–Crippen LogP) is 2.68. The van der Waals surface area contributed by atoms with Gasteiger partial charge in [0.1, 0.15) is 0 Å². The predicted molar refractivity (Wildman–Crippen MR) is 74.4 cm³/mol. The lowest BCUT2D eigenvalue weighted by molar-refractivity contribution is 0.0951. The highest BCUT2D eigenvalue weighted by Crippen LogP contribution is 2.10. The number of benzene rings is 1. The summed E-state index contributed by atoms with van der Waals surface area (Å²) in [6, 6.07) is 5.80. The van der Waals surface area contributed by atoms with Crippen LogP contribution in [0.5, 0.6) is 0 Å². The van der Waals surface area contributed by atoms with Crippen molar-refractivity contribution in [2.45, 2.75) is 25.6 Å². The monoisotopic (exact) mass is 269 g/mol. The van der Waals surface area contributed by atoms with Crippen LogP contribution in [-0.4, -0.2) is 31.5 Å². The van der Waals surface area contributed by atoms with E-state index < -0.39 is 0 Å². The minimum Gasteiger partial charge on any atom is -0.383 e. The van der Waals surface area contributed by atoms with Crippen LogP contribution in [0.3, 0.4) is 0 Å². The average Bonchev–Trinajstić information content (AvgIpc) is 2.29. The molecule has 0 radical (unpaired) electrons. The van der Waals surface area contributed by atoms with Gasteiger partial charge in [-0.05, 0) is 31.9 Å². The molecule has 0 saturated carbocycles. The molecular weight excluding hydrogens is 250 g/mol. The van der Waals surface area contributed by atoms with Crippen molar-refractivity contribution < 1.29 is 9.53 Å². The maximum absolute atomic E-state index is 11.9. The molecule has 18 heavy (non-hydrogen) atoms. The Balaban J connectivity index is 2.45. The highest BCUT2D eigenvalue weighted by Gasteiger charge is 2.09. The summed E-state index contributed by atoms with van der Waals surface area (Å²) >= 11 is 5.99. The summed E-state index contributed by atoms with van der Waals surface area (Å²) < 4.78 is 4.93. The molecule has 1 aromatic rings. The van der Waals surface area contributed by atoms with Crippen LogP contribution in [0.25, 0.3) is 0 Å². The number of ether oxygens (including phenoxy) is 1. The van der Waals surface area contributed by atoms with Crippen molar-refractivity contribution in [3.05, 3.63) is 34.9 Å². The lowest BCUT2D eigenvalue weighted by atomic mass is 10.1. The highest BCUT2D eigenvalue weighted by atomic mass is 35.5. The number of carbonyl (C=O) groups is 1. The molecule has 100 valence electrons. The zero-order chi connectivity index (χ0) is 13.5. The van der Waals surface area contributed by atoms with E-state index in [0.717, 1.165) is 16.7 Å². The van der Waals surface area contributed by atoms with Crippen LogP contribution >= 0.6 is 11.6 Å². The van der Waals surface area contributed by atoms with E-state index in [9.17, 15) is 4.79 Å². The van der Waals surface area contributed by atoms with Crippen molar-refractivity contribution in [2.75, 3.05) is 20.3 Å². The standard InChI is InChI=1S/C14H20ClNO2/c1-10-4-5-13(11(2)8-10)14(17)16-7-6-12(15)9-18-3/h4-5,8,12H,6-7,9H2,1-3H3,(H,16,17). The van der Waals surface area contributed by atoms with Gasteiger partial charge in [0.15, 0.2) is 0 Å². The van der Waals surface area contributed by atoms with Gasteiger partial charge in [-0.1, -0.05) is 17.7 Å². The summed E-state index contributed by atoms with van der Waals surface area (Å²) in [7, 11) is 1.61. The second-order valence-corrected chi connectivity index (χ2v) is 5.03. The Bertz CT molecular complexity index is 407. The first-order valence-corrected chi connectivity index (χ1v) is 6.46. The zero-order valence-corrected chi connectivity index (χ0v) is 11.9. The van der Waals surface area contributed by atoms with Crippen molar-refractivity contribution >= 4 is 17.5 Å². The molecule has 0 fully saturated rings. The van der Waals surface area contributed by atoms with Crippen LogP contribution in [-0.2, 0) is 4.74 Å². The highest BCUT2D eigenvalue weighted by molar-refractivity contribution is 6.20. The van der Waals surface area contributed by atoms with Gasteiger partial charge in [-0.2, -0.15) is 0 Å². The first-order chi connectivity index (χ1) is 8.54. The smallest absolute Gasteiger partial charge is 0.251 e. The fourth-order valence-electron chi connectivity index (χ4n) is 1.77. The second kappa shape index (κ2) is 7.39. The molecule has 1 aromatic carbocycles. The summed E-state index contributed by atoms with van der Waals surface area (Å²) in [6.07, 6.45) is 0.700. The van der Waals surface area contributed by atoms with Crippen LogP contribution < -0.4 is 5.32 Å². The molecule has 0 aliphatic carbocycles. The first-order valence-electron chi connectivity index (χ1n) is 6.03. The van der Waals surface area contributed by atoms with E-state index in [1.54, 1.807) is 7.11 Å². The Kier molecular flexibility index (Phi) is 6.16. The molecule has 3 nitrogen and oxygen atoms in total. The molecule has 0 heterocycles. The van der Waals surface area contributed by atoms with E-state index in [1.807, 2.05) is 32.0 Å². The number of alkyl halides is 1. The maximum atomic E-state index is 11.9. The molecule has 1 atom stereocenters. The van der Waals surface area contributed by atoms with Gasteiger partial charge in [0.25, 0.3) is 5.91 Å². The van der Waals surface area contributed by atoms with Gasteiger partial charge < -0.3 is 10.1 Å². The number of aryl methyl sites for hydroxylation is 2. The summed E-state index contributed by atoms with van der Waals surface area (Å²) in [5.41, 5.74) is 2.87. The van der Waals surface area contributed by atoms with Gasteiger partial charge in [-0.15, -0.1) is 11.6 Å². The Labute approximate surface area is 113 Å². The second-order valence-electron chi connectivity index (χ2n) is 4.42. The lowest BCUT2D eigenvalue weighted by Crippen LogP contribution is -2.27. The molecule has 0 aliphatic rings. The van der Waals surface area contributed by atoms with E-state index in [0.29, 0.717) is 19.6 Å². The minimum atomic E-state index is -0.0607. The van der Waals surface area contributed by atoms with Gasteiger partial charge in [0.2, 0.25) is 0 Å². The maximum Gasteiger partial charge on any atom is 0.251 e. The molecule has 0 saturated heterocycles. The molecule has 1 rings (SSSR count). The molecule has 0 aliphatic heterocycles. The number of methoxy groups -OCH3 is 1. The van der Waals surface area contributed by atoms with E-state index in [1.165, 1.54) is 0 Å². The van der Waals surface area contributed by atoms with Crippen molar-refractivity contribution in [2.24, 2.45) is 0 Å². The fraction of sp³-hybridized carbons (Fsp3) is 0.500. The van der Waals surface area contributed by atoms with Crippen LogP contribution in [0.4, 0.5) is 0 Å². The molecule has 0 bridgehead atoms.